The summed E-state index contributed by atoms with van der Waals surface area (Å²) in [7, 11) is 0. The largest absolute Gasteiger partial charge is 0.389 e. The van der Waals surface area contributed by atoms with Gasteiger partial charge in [-0.15, -0.1) is 0 Å². The van der Waals surface area contributed by atoms with Gasteiger partial charge in [0.15, 0.2) is 0 Å². The number of carbonyl (C=O) groups is 1. The summed E-state index contributed by atoms with van der Waals surface area (Å²) in [4.78, 5) is 14.8. The molecule has 1 saturated heterocycles. The zero-order valence-corrected chi connectivity index (χ0v) is 13.5. The lowest BCUT2D eigenvalue weighted by molar-refractivity contribution is -0.149. The fraction of sp³-hybridized carbons (Fsp3) is 0.562. The van der Waals surface area contributed by atoms with Crippen LogP contribution >= 0.6 is 15.9 Å². The van der Waals surface area contributed by atoms with Crippen LogP contribution < -0.4 is 0 Å². The zero-order valence-electron chi connectivity index (χ0n) is 11.9. The highest BCUT2D eigenvalue weighted by Gasteiger charge is 2.48. The highest BCUT2D eigenvalue weighted by Crippen LogP contribution is 2.44. The van der Waals surface area contributed by atoms with Crippen LogP contribution in [-0.4, -0.2) is 47.8 Å². The van der Waals surface area contributed by atoms with Crippen LogP contribution in [0.1, 0.15) is 30.7 Å². The van der Waals surface area contributed by atoms with E-state index in [1.165, 1.54) is 0 Å². The Morgan fingerprint density at radius 3 is 2.62 bits per heavy atom. The number of hydrogen-bond donors (Lipinski definition) is 1. The lowest BCUT2D eigenvalue weighted by Crippen LogP contribution is -2.52. The van der Waals surface area contributed by atoms with Gasteiger partial charge in [-0.1, -0.05) is 28.1 Å². The van der Waals surface area contributed by atoms with Crippen LogP contribution in [0.15, 0.2) is 28.7 Å². The molecule has 1 heterocycles. The standard InChI is InChI=1S/C16H20BrNO3/c17-13-4-1-3-12(11-13)14(16(20)5-2-6-16)15(19)18-7-9-21-10-8-18/h1,3-4,11,14,20H,2,5-10H2. The molecule has 1 aromatic carbocycles. The fourth-order valence-electron chi connectivity index (χ4n) is 3.16. The monoisotopic (exact) mass is 353 g/mol. The molecule has 0 spiro atoms. The molecule has 1 amide bonds. The van der Waals surface area contributed by atoms with Gasteiger partial charge in [-0.2, -0.15) is 0 Å². The molecule has 1 aromatic rings. The van der Waals surface area contributed by atoms with Gasteiger partial charge in [0.25, 0.3) is 0 Å². The van der Waals surface area contributed by atoms with Crippen molar-refractivity contribution in [1.29, 1.82) is 0 Å². The van der Waals surface area contributed by atoms with Crippen LogP contribution in [0.2, 0.25) is 0 Å². The first-order valence-corrected chi connectivity index (χ1v) is 8.24. The van der Waals surface area contributed by atoms with E-state index in [1.54, 1.807) is 0 Å². The van der Waals surface area contributed by atoms with Crippen molar-refractivity contribution < 1.29 is 14.6 Å². The maximum Gasteiger partial charge on any atom is 0.233 e. The second-order valence-electron chi connectivity index (χ2n) is 5.88. The Morgan fingerprint density at radius 1 is 1.33 bits per heavy atom. The van der Waals surface area contributed by atoms with Gasteiger partial charge in [0, 0.05) is 17.6 Å². The van der Waals surface area contributed by atoms with Crippen molar-refractivity contribution in [2.75, 3.05) is 26.3 Å². The molecule has 1 unspecified atom stereocenters. The second kappa shape index (κ2) is 6.07. The van der Waals surface area contributed by atoms with Crippen LogP contribution in [0.3, 0.4) is 0 Å². The number of ether oxygens (including phenoxy) is 1. The van der Waals surface area contributed by atoms with Crippen molar-refractivity contribution in [3.8, 4) is 0 Å². The number of aliphatic hydroxyl groups is 1. The normalized spacial score (nSPS) is 22.5. The average Bonchev–Trinajstić information content (AvgIpc) is 2.46. The first kappa shape index (κ1) is 15.0. The molecule has 1 aliphatic heterocycles. The Bertz CT molecular complexity index is 524. The second-order valence-corrected chi connectivity index (χ2v) is 6.80. The summed E-state index contributed by atoms with van der Waals surface area (Å²) >= 11 is 3.46. The first-order valence-electron chi connectivity index (χ1n) is 7.44. The Hall–Kier alpha value is -0.910. The van der Waals surface area contributed by atoms with E-state index in [1.807, 2.05) is 29.2 Å². The van der Waals surface area contributed by atoms with E-state index in [0.29, 0.717) is 39.1 Å². The Labute approximate surface area is 133 Å². The molecule has 4 nitrogen and oxygen atoms in total. The molecule has 3 rings (SSSR count). The number of carbonyl (C=O) groups excluding carboxylic acids is 1. The van der Waals surface area contributed by atoms with Crippen molar-refractivity contribution in [2.24, 2.45) is 0 Å². The molecular weight excluding hydrogens is 334 g/mol. The van der Waals surface area contributed by atoms with Crippen molar-refractivity contribution in [3.05, 3.63) is 34.3 Å². The van der Waals surface area contributed by atoms with Gasteiger partial charge < -0.3 is 14.7 Å². The van der Waals surface area contributed by atoms with Gasteiger partial charge in [-0.05, 0) is 37.0 Å². The molecular formula is C16H20BrNO3. The van der Waals surface area contributed by atoms with Gasteiger partial charge in [-0.3, -0.25) is 4.79 Å². The quantitative estimate of drug-likeness (QED) is 0.906. The third-order valence-corrected chi connectivity index (χ3v) is 5.00. The topological polar surface area (TPSA) is 49.8 Å². The van der Waals surface area contributed by atoms with Gasteiger partial charge in [-0.25, -0.2) is 0 Å². The number of hydrogen-bond acceptors (Lipinski definition) is 3. The predicted molar refractivity (Wildman–Crippen MR) is 83.1 cm³/mol. The summed E-state index contributed by atoms with van der Waals surface area (Å²) in [6.45, 7) is 2.38. The molecule has 114 valence electrons. The maximum absolute atomic E-state index is 12.9. The summed E-state index contributed by atoms with van der Waals surface area (Å²) in [6, 6.07) is 7.73. The third kappa shape index (κ3) is 3.00. The molecule has 0 bridgehead atoms. The van der Waals surface area contributed by atoms with Crippen molar-refractivity contribution in [3.63, 3.8) is 0 Å². The summed E-state index contributed by atoms with van der Waals surface area (Å²) in [5.74, 6) is -0.444. The number of benzene rings is 1. The Morgan fingerprint density at radius 2 is 2.05 bits per heavy atom. The summed E-state index contributed by atoms with van der Waals surface area (Å²) in [5, 5.41) is 10.8. The zero-order chi connectivity index (χ0) is 14.9. The fourth-order valence-corrected chi connectivity index (χ4v) is 3.58. The molecule has 1 atom stereocenters. The van der Waals surface area contributed by atoms with Crippen LogP contribution in [0, 0.1) is 0 Å². The minimum Gasteiger partial charge on any atom is -0.389 e. The third-order valence-electron chi connectivity index (χ3n) is 4.51. The SMILES string of the molecule is O=C(C(c1cccc(Br)c1)C1(O)CCC1)N1CCOCC1. The lowest BCUT2D eigenvalue weighted by Gasteiger charge is -2.44. The van der Waals surface area contributed by atoms with Crippen LogP contribution in [0.4, 0.5) is 0 Å². The van der Waals surface area contributed by atoms with E-state index >= 15 is 0 Å². The molecule has 1 saturated carbocycles. The van der Waals surface area contributed by atoms with Gasteiger partial charge in [0.2, 0.25) is 5.91 Å². The van der Waals surface area contributed by atoms with Crippen molar-refractivity contribution >= 4 is 21.8 Å². The van der Waals surface area contributed by atoms with Gasteiger partial charge in [0.1, 0.15) is 0 Å². The Balaban J connectivity index is 1.90. The van der Waals surface area contributed by atoms with E-state index in [0.717, 1.165) is 16.5 Å². The lowest BCUT2D eigenvalue weighted by atomic mass is 9.68. The summed E-state index contributed by atoms with van der Waals surface area (Å²) in [5.41, 5.74) is -0.000949. The smallest absolute Gasteiger partial charge is 0.233 e. The minimum atomic E-state index is -0.893. The predicted octanol–water partition coefficient (Wildman–Crippen LogP) is 2.31. The van der Waals surface area contributed by atoms with Crippen LogP contribution in [-0.2, 0) is 9.53 Å². The van der Waals surface area contributed by atoms with E-state index < -0.39 is 11.5 Å². The van der Waals surface area contributed by atoms with Gasteiger partial charge in [0.05, 0.1) is 24.7 Å². The number of morpholine rings is 1. The molecule has 5 heteroatoms. The molecule has 1 N–H and O–H groups in total. The number of amides is 1. The summed E-state index contributed by atoms with van der Waals surface area (Å²) < 4.78 is 6.25. The molecule has 1 aliphatic carbocycles. The number of halogens is 1. The highest BCUT2D eigenvalue weighted by atomic mass is 79.9. The van der Waals surface area contributed by atoms with E-state index in [2.05, 4.69) is 15.9 Å². The van der Waals surface area contributed by atoms with Crippen LogP contribution in [0.25, 0.3) is 0 Å². The molecule has 21 heavy (non-hydrogen) atoms. The number of nitrogens with zero attached hydrogens (tertiary/aromatic N) is 1. The van der Waals surface area contributed by atoms with Gasteiger partial charge >= 0.3 is 0 Å². The molecule has 2 fully saturated rings. The molecule has 0 radical (unpaired) electrons. The van der Waals surface area contributed by atoms with E-state index in [9.17, 15) is 9.90 Å². The van der Waals surface area contributed by atoms with Crippen LogP contribution in [0.5, 0.6) is 0 Å². The van der Waals surface area contributed by atoms with Crippen molar-refractivity contribution in [1.82, 2.24) is 4.90 Å². The number of rotatable bonds is 3. The van der Waals surface area contributed by atoms with E-state index in [4.69, 9.17) is 4.74 Å². The highest BCUT2D eigenvalue weighted by molar-refractivity contribution is 9.10. The average molecular weight is 354 g/mol. The first-order chi connectivity index (χ1) is 10.1. The summed E-state index contributed by atoms with van der Waals surface area (Å²) in [6.07, 6.45) is 2.37. The molecule has 2 aliphatic rings. The minimum absolute atomic E-state index is 0.0265. The van der Waals surface area contributed by atoms with E-state index in [-0.39, 0.29) is 5.91 Å². The van der Waals surface area contributed by atoms with Crippen molar-refractivity contribution in [2.45, 2.75) is 30.8 Å². The molecule has 0 aromatic heterocycles. The Kier molecular flexibility index (Phi) is 4.33. The maximum atomic E-state index is 12.9.